The summed E-state index contributed by atoms with van der Waals surface area (Å²) in [4.78, 5) is 22.9. The van der Waals surface area contributed by atoms with Gasteiger partial charge in [-0.15, -0.1) is 0 Å². The molecule has 1 aliphatic rings. The summed E-state index contributed by atoms with van der Waals surface area (Å²) in [6, 6.07) is 8.37. The number of benzene rings is 2. The number of hydrogen-bond donors (Lipinski definition) is 3. The number of nitrogens with one attached hydrogen (secondary N) is 2. The highest BCUT2D eigenvalue weighted by atomic mass is 32.2. The third kappa shape index (κ3) is 4.17. The zero-order chi connectivity index (χ0) is 20.3. The summed E-state index contributed by atoms with van der Waals surface area (Å²) in [6.07, 6.45) is 0.723. The van der Waals surface area contributed by atoms with Crippen LogP contribution in [0.5, 0.6) is 11.5 Å². The number of nitrogens with two attached hydrogens (primary N) is 1. The maximum atomic E-state index is 12.7. The third-order valence-corrected chi connectivity index (χ3v) is 5.23. The largest absolute Gasteiger partial charge is 0.493 e. The van der Waals surface area contributed by atoms with Crippen molar-refractivity contribution in [2.45, 2.75) is 18.2 Å². The maximum Gasteiger partial charge on any atom is 0.262 e. The Kier molecular flexibility index (Phi) is 5.41. The van der Waals surface area contributed by atoms with Crippen molar-refractivity contribution in [3.63, 3.8) is 0 Å². The van der Waals surface area contributed by atoms with Gasteiger partial charge in [-0.2, -0.15) is 0 Å². The van der Waals surface area contributed by atoms with Gasteiger partial charge >= 0.3 is 0 Å². The van der Waals surface area contributed by atoms with E-state index >= 15 is 0 Å². The summed E-state index contributed by atoms with van der Waals surface area (Å²) in [5, 5.41) is 2.62. The molecule has 2 aromatic carbocycles. The molecule has 0 fully saturated rings. The lowest BCUT2D eigenvalue weighted by Gasteiger charge is -2.19. The van der Waals surface area contributed by atoms with Crippen LogP contribution in [0.3, 0.4) is 0 Å². The van der Waals surface area contributed by atoms with Crippen LogP contribution in [0, 0.1) is 0 Å². The number of carbonyl (C=O) groups excluding carboxylic acids is 2. The van der Waals surface area contributed by atoms with E-state index in [0.717, 1.165) is 6.42 Å². The van der Waals surface area contributed by atoms with Crippen molar-refractivity contribution >= 4 is 33.2 Å². The van der Waals surface area contributed by atoms with Gasteiger partial charge < -0.3 is 20.5 Å². The first-order valence-corrected chi connectivity index (χ1v) is 9.94. The minimum absolute atomic E-state index is 0.0205. The average molecular weight is 405 g/mol. The number of carbonyl (C=O) groups is 2. The minimum Gasteiger partial charge on any atom is -0.493 e. The third-order valence-electron chi connectivity index (χ3n) is 3.86. The maximum absolute atomic E-state index is 12.7. The normalized spacial score (nSPS) is 13.1. The van der Waals surface area contributed by atoms with E-state index in [1.807, 2.05) is 6.92 Å². The van der Waals surface area contributed by atoms with Gasteiger partial charge in [0.25, 0.3) is 21.8 Å². The van der Waals surface area contributed by atoms with Crippen LogP contribution < -0.4 is 25.2 Å². The van der Waals surface area contributed by atoms with E-state index in [1.165, 1.54) is 36.4 Å². The first kappa shape index (κ1) is 19.5. The molecule has 0 saturated carbocycles. The standard InChI is InChI=1S/C18H19N3O6S/c1-2-7-26-15-6-4-12(9-13(15)18(19)23)28(24,25)21-11-3-5-14-16(8-11)27-10-17(22)20-14/h3-6,8-9,21H,2,7,10H2,1H3,(H2,19,23)(H,20,22). The molecule has 0 spiro atoms. The van der Waals surface area contributed by atoms with E-state index in [9.17, 15) is 18.0 Å². The van der Waals surface area contributed by atoms with E-state index in [4.69, 9.17) is 15.2 Å². The number of amides is 2. The summed E-state index contributed by atoms with van der Waals surface area (Å²) >= 11 is 0. The van der Waals surface area contributed by atoms with Crippen molar-refractivity contribution in [3.8, 4) is 11.5 Å². The highest BCUT2D eigenvalue weighted by Crippen LogP contribution is 2.32. The molecule has 2 amide bonds. The van der Waals surface area contributed by atoms with Crippen LogP contribution >= 0.6 is 0 Å². The monoisotopic (exact) mass is 405 g/mol. The van der Waals surface area contributed by atoms with Crippen molar-refractivity contribution in [2.75, 3.05) is 23.3 Å². The van der Waals surface area contributed by atoms with Gasteiger partial charge in [-0.25, -0.2) is 8.42 Å². The van der Waals surface area contributed by atoms with Crippen molar-refractivity contribution in [2.24, 2.45) is 5.73 Å². The van der Waals surface area contributed by atoms with Crippen LogP contribution in [-0.4, -0.2) is 33.4 Å². The molecule has 1 aliphatic heterocycles. The molecule has 4 N–H and O–H groups in total. The van der Waals surface area contributed by atoms with E-state index in [0.29, 0.717) is 18.0 Å². The van der Waals surface area contributed by atoms with Crippen molar-refractivity contribution in [1.29, 1.82) is 0 Å². The lowest BCUT2D eigenvalue weighted by molar-refractivity contribution is -0.118. The Morgan fingerprint density at radius 2 is 2.07 bits per heavy atom. The predicted octanol–water partition coefficient (Wildman–Crippen LogP) is 1.71. The number of anilines is 2. The molecule has 2 aromatic rings. The summed E-state index contributed by atoms with van der Waals surface area (Å²) < 4.78 is 38.5. The molecule has 0 saturated heterocycles. The molecule has 0 bridgehead atoms. The first-order chi connectivity index (χ1) is 13.3. The smallest absolute Gasteiger partial charge is 0.262 e. The minimum atomic E-state index is -4.00. The van der Waals surface area contributed by atoms with Crippen LogP contribution in [-0.2, 0) is 14.8 Å². The van der Waals surface area contributed by atoms with Crippen molar-refractivity contribution in [1.82, 2.24) is 0 Å². The number of primary amides is 1. The molecule has 0 unspecified atom stereocenters. The van der Waals surface area contributed by atoms with E-state index < -0.39 is 15.9 Å². The molecule has 1 heterocycles. The summed E-state index contributed by atoms with van der Waals surface area (Å²) in [5.74, 6) is -0.501. The van der Waals surface area contributed by atoms with Crippen LogP contribution in [0.15, 0.2) is 41.3 Å². The second-order valence-corrected chi connectivity index (χ2v) is 7.71. The van der Waals surface area contributed by atoms with Gasteiger partial charge in [0.15, 0.2) is 6.61 Å². The quantitative estimate of drug-likeness (QED) is 0.641. The molecular weight excluding hydrogens is 386 g/mol. The number of sulfonamides is 1. The number of ether oxygens (including phenoxy) is 2. The summed E-state index contributed by atoms with van der Waals surface area (Å²) in [5.41, 5.74) is 6.02. The number of rotatable bonds is 7. The van der Waals surface area contributed by atoms with Gasteiger partial charge in [0.2, 0.25) is 0 Å². The predicted molar refractivity (Wildman–Crippen MR) is 102 cm³/mol. The molecule has 28 heavy (non-hydrogen) atoms. The van der Waals surface area contributed by atoms with Gasteiger partial charge in [0, 0.05) is 6.07 Å². The Morgan fingerprint density at radius 3 is 2.79 bits per heavy atom. The fraction of sp³-hybridized carbons (Fsp3) is 0.222. The number of fused-ring (bicyclic) bond motifs is 1. The molecule has 3 rings (SSSR count). The molecular formula is C18H19N3O6S. The summed E-state index contributed by atoms with van der Waals surface area (Å²) in [6.45, 7) is 2.13. The first-order valence-electron chi connectivity index (χ1n) is 8.46. The van der Waals surface area contributed by atoms with Crippen LogP contribution in [0.25, 0.3) is 0 Å². The second kappa shape index (κ2) is 7.77. The molecule has 0 atom stereocenters. The molecule has 9 nitrogen and oxygen atoms in total. The van der Waals surface area contributed by atoms with Gasteiger partial charge in [0.05, 0.1) is 28.4 Å². The van der Waals surface area contributed by atoms with Gasteiger partial charge in [0.1, 0.15) is 11.5 Å². The van der Waals surface area contributed by atoms with Crippen molar-refractivity contribution < 1.29 is 27.5 Å². The van der Waals surface area contributed by atoms with Crippen molar-refractivity contribution in [3.05, 3.63) is 42.0 Å². The zero-order valence-corrected chi connectivity index (χ0v) is 15.8. The SMILES string of the molecule is CCCOc1ccc(S(=O)(=O)Nc2ccc3c(c2)OCC(=O)N3)cc1C(N)=O. The Bertz CT molecular complexity index is 1040. The fourth-order valence-corrected chi connectivity index (χ4v) is 3.63. The Morgan fingerprint density at radius 1 is 1.29 bits per heavy atom. The van der Waals surface area contributed by atoms with Gasteiger partial charge in [-0.05, 0) is 36.8 Å². The van der Waals surface area contributed by atoms with E-state index in [1.54, 1.807) is 0 Å². The second-order valence-electron chi connectivity index (χ2n) is 6.02. The average Bonchev–Trinajstić information content (AvgIpc) is 2.66. The van der Waals surface area contributed by atoms with Gasteiger partial charge in [-0.1, -0.05) is 6.92 Å². The fourth-order valence-electron chi connectivity index (χ4n) is 2.56. The Hall–Kier alpha value is -3.27. The van der Waals surface area contributed by atoms with Crippen LogP contribution in [0.4, 0.5) is 11.4 Å². The van der Waals surface area contributed by atoms with Gasteiger partial charge in [-0.3, -0.25) is 14.3 Å². The molecule has 0 aliphatic carbocycles. The lowest BCUT2D eigenvalue weighted by Crippen LogP contribution is -2.25. The molecule has 148 valence electrons. The molecule has 10 heteroatoms. The van der Waals surface area contributed by atoms with E-state index in [-0.39, 0.29) is 34.4 Å². The molecule has 0 aromatic heterocycles. The zero-order valence-electron chi connectivity index (χ0n) is 15.0. The van der Waals surface area contributed by atoms with Crippen LogP contribution in [0.1, 0.15) is 23.7 Å². The Labute approximate surface area is 161 Å². The highest BCUT2D eigenvalue weighted by molar-refractivity contribution is 7.92. The van der Waals surface area contributed by atoms with Crippen LogP contribution in [0.2, 0.25) is 0 Å². The molecule has 0 radical (unpaired) electrons. The lowest BCUT2D eigenvalue weighted by atomic mass is 10.2. The summed E-state index contributed by atoms with van der Waals surface area (Å²) in [7, 11) is -4.00. The van der Waals surface area contributed by atoms with E-state index in [2.05, 4.69) is 10.0 Å². The Balaban J connectivity index is 1.87. The topological polar surface area (TPSA) is 137 Å². The highest BCUT2D eigenvalue weighted by Gasteiger charge is 2.21. The number of hydrogen-bond acceptors (Lipinski definition) is 6.